The summed E-state index contributed by atoms with van der Waals surface area (Å²) in [6.45, 7) is 3.00. The van der Waals surface area contributed by atoms with Crippen molar-refractivity contribution in [1.29, 1.82) is 5.26 Å². The Morgan fingerprint density at radius 2 is 2.32 bits per heavy atom. The van der Waals surface area contributed by atoms with Crippen LogP contribution in [0.2, 0.25) is 0 Å². The number of hydrogen-bond donors (Lipinski definition) is 1. The Morgan fingerprint density at radius 1 is 1.50 bits per heavy atom. The number of carbonyl (C=O) groups is 1. The predicted molar refractivity (Wildman–Crippen MR) is 84.9 cm³/mol. The van der Waals surface area contributed by atoms with Crippen molar-refractivity contribution in [2.24, 2.45) is 0 Å². The number of aromatic nitrogens is 1. The molecule has 1 aliphatic rings. The maximum absolute atomic E-state index is 11.2. The van der Waals surface area contributed by atoms with E-state index < -0.39 is 5.97 Å². The second kappa shape index (κ2) is 5.84. The van der Waals surface area contributed by atoms with Gasteiger partial charge in [-0.25, -0.2) is 0 Å². The summed E-state index contributed by atoms with van der Waals surface area (Å²) >= 11 is 0. The highest BCUT2D eigenvalue weighted by Crippen LogP contribution is 2.41. The molecule has 1 aromatic carbocycles. The number of aryl methyl sites for hydroxylation is 2. The monoisotopic (exact) mass is 296 g/mol. The van der Waals surface area contributed by atoms with E-state index in [2.05, 4.69) is 23.6 Å². The van der Waals surface area contributed by atoms with Gasteiger partial charge in [-0.2, -0.15) is 5.26 Å². The summed E-state index contributed by atoms with van der Waals surface area (Å²) in [5.41, 5.74) is 4.16. The van der Waals surface area contributed by atoms with Crippen LogP contribution in [-0.4, -0.2) is 15.6 Å². The summed E-state index contributed by atoms with van der Waals surface area (Å²) in [4.78, 5) is 11.2. The third kappa shape index (κ3) is 2.27. The van der Waals surface area contributed by atoms with Gasteiger partial charge in [0.2, 0.25) is 0 Å². The van der Waals surface area contributed by atoms with Crippen LogP contribution in [0.5, 0.6) is 0 Å². The summed E-state index contributed by atoms with van der Waals surface area (Å²) in [6, 6.07) is 8.14. The number of nitriles is 1. The lowest BCUT2D eigenvalue weighted by Crippen LogP contribution is -2.17. The van der Waals surface area contributed by atoms with Crippen molar-refractivity contribution >= 4 is 16.9 Å². The van der Waals surface area contributed by atoms with Crippen LogP contribution in [0.1, 0.15) is 55.3 Å². The van der Waals surface area contributed by atoms with Gasteiger partial charge < -0.3 is 9.67 Å². The first-order valence-corrected chi connectivity index (χ1v) is 7.93. The van der Waals surface area contributed by atoms with E-state index in [1.54, 1.807) is 0 Å². The number of carboxylic acids is 1. The fraction of sp³-hybridized carbons (Fsp3) is 0.444. The molecule has 22 heavy (non-hydrogen) atoms. The molecule has 2 aromatic rings. The highest BCUT2D eigenvalue weighted by molar-refractivity contribution is 5.91. The van der Waals surface area contributed by atoms with Crippen molar-refractivity contribution in [2.45, 2.75) is 51.5 Å². The number of nitrogens with zero attached hydrogens (tertiary/aromatic N) is 2. The van der Waals surface area contributed by atoms with Crippen molar-refractivity contribution in [3.8, 4) is 6.07 Å². The normalized spacial score (nSPS) is 17.2. The minimum Gasteiger partial charge on any atom is -0.481 e. The van der Waals surface area contributed by atoms with Gasteiger partial charge in [0, 0.05) is 29.1 Å². The van der Waals surface area contributed by atoms with E-state index in [1.807, 2.05) is 12.1 Å². The van der Waals surface area contributed by atoms with Gasteiger partial charge in [0.25, 0.3) is 0 Å². The van der Waals surface area contributed by atoms with E-state index in [0.717, 1.165) is 48.8 Å². The van der Waals surface area contributed by atoms with Gasteiger partial charge >= 0.3 is 5.97 Å². The Kier molecular flexibility index (Phi) is 3.89. The first-order valence-electron chi connectivity index (χ1n) is 7.93. The fourth-order valence-electron chi connectivity index (χ4n) is 3.85. The highest BCUT2D eigenvalue weighted by Gasteiger charge is 2.29. The summed E-state index contributed by atoms with van der Waals surface area (Å²) < 4.78 is 2.26. The molecular formula is C18H20N2O2. The van der Waals surface area contributed by atoms with Crippen molar-refractivity contribution in [3.05, 3.63) is 35.0 Å². The molecule has 1 N–H and O–H groups in total. The zero-order valence-electron chi connectivity index (χ0n) is 12.8. The van der Waals surface area contributed by atoms with Crippen molar-refractivity contribution < 1.29 is 9.90 Å². The SMILES string of the molecule is CCCn1c2c(c3c(C#N)cccc31)CCCC2CC(=O)O. The van der Waals surface area contributed by atoms with Crippen LogP contribution < -0.4 is 0 Å². The molecule has 0 fully saturated rings. The topological polar surface area (TPSA) is 66.0 Å². The summed E-state index contributed by atoms with van der Waals surface area (Å²) in [7, 11) is 0. The molecule has 0 spiro atoms. The average molecular weight is 296 g/mol. The standard InChI is InChI=1S/C18H20N2O2/c1-2-9-20-15-8-4-6-13(11-19)17(15)14-7-3-5-12(18(14)20)10-16(21)22/h4,6,8,12H,2-3,5,7,9-10H2,1H3,(H,21,22). The van der Waals surface area contributed by atoms with Crippen molar-refractivity contribution in [1.82, 2.24) is 4.57 Å². The van der Waals surface area contributed by atoms with Gasteiger partial charge in [0.15, 0.2) is 0 Å². The Labute approximate surface area is 130 Å². The van der Waals surface area contributed by atoms with Crippen molar-refractivity contribution in [2.75, 3.05) is 0 Å². The van der Waals surface area contributed by atoms with E-state index in [4.69, 9.17) is 0 Å². The van der Waals surface area contributed by atoms with Gasteiger partial charge in [0.1, 0.15) is 0 Å². The molecule has 0 saturated heterocycles. The fourth-order valence-corrected chi connectivity index (χ4v) is 3.85. The van der Waals surface area contributed by atoms with E-state index >= 15 is 0 Å². The number of benzene rings is 1. The van der Waals surface area contributed by atoms with Crippen molar-refractivity contribution in [3.63, 3.8) is 0 Å². The third-order valence-electron chi connectivity index (χ3n) is 4.59. The first kappa shape index (κ1) is 14.6. The lowest BCUT2D eigenvalue weighted by Gasteiger charge is -2.24. The molecule has 4 heteroatoms. The van der Waals surface area contributed by atoms with Gasteiger partial charge in [-0.1, -0.05) is 13.0 Å². The van der Waals surface area contributed by atoms with Crippen LogP contribution in [0.15, 0.2) is 18.2 Å². The quantitative estimate of drug-likeness (QED) is 0.932. The average Bonchev–Trinajstić information content (AvgIpc) is 2.83. The molecule has 0 bridgehead atoms. The van der Waals surface area contributed by atoms with Crippen LogP contribution in [0.3, 0.4) is 0 Å². The molecule has 0 saturated carbocycles. The number of hydrogen-bond acceptors (Lipinski definition) is 2. The van der Waals surface area contributed by atoms with Crippen LogP contribution in [-0.2, 0) is 17.8 Å². The minimum atomic E-state index is -0.744. The van der Waals surface area contributed by atoms with E-state index in [0.29, 0.717) is 5.56 Å². The molecule has 1 unspecified atom stereocenters. The summed E-state index contributed by atoms with van der Waals surface area (Å²) in [5.74, 6) is -0.682. The minimum absolute atomic E-state index is 0.0618. The second-order valence-corrected chi connectivity index (χ2v) is 6.01. The molecule has 0 aliphatic heterocycles. The maximum atomic E-state index is 11.2. The van der Waals surface area contributed by atoms with Crippen LogP contribution in [0.25, 0.3) is 10.9 Å². The molecule has 1 aromatic heterocycles. The van der Waals surface area contributed by atoms with E-state index in [9.17, 15) is 15.2 Å². The van der Waals surface area contributed by atoms with Gasteiger partial charge in [0.05, 0.1) is 18.1 Å². The lowest BCUT2D eigenvalue weighted by molar-refractivity contribution is -0.137. The summed E-state index contributed by atoms with van der Waals surface area (Å²) in [5, 5.41) is 19.7. The second-order valence-electron chi connectivity index (χ2n) is 6.01. The number of rotatable bonds is 4. The molecule has 114 valence electrons. The van der Waals surface area contributed by atoms with E-state index in [1.165, 1.54) is 5.56 Å². The molecule has 1 aliphatic carbocycles. The Morgan fingerprint density at radius 3 is 3.00 bits per heavy atom. The molecule has 4 nitrogen and oxygen atoms in total. The Bertz CT molecular complexity index is 767. The lowest BCUT2D eigenvalue weighted by atomic mass is 9.84. The smallest absolute Gasteiger partial charge is 0.304 e. The Balaban J connectivity index is 2.29. The zero-order chi connectivity index (χ0) is 15.7. The number of fused-ring (bicyclic) bond motifs is 3. The molecule has 3 rings (SSSR count). The van der Waals surface area contributed by atoms with Gasteiger partial charge in [-0.3, -0.25) is 4.79 Å². The maximum Gasteiger partial charge on any atom is 0.304 e. The number of carboxylic acid groups (broad SMARTS) is 1. The highest BCUT2D eigenvalue weighted by atomic mass is 16.4. The molecule has 1 atom stereocenters. The molecule has 0 amide bonds. The number of aliphatic carboxylic acids is 1. The van der Waals surface area contributed by atoms with Crippen LogP contribution >= 0.6 is 0 Å². The van der Waals surface area contributed by atoms with Gasteiger partial charge in [-0.05, 0) is 43.4 Å². The largest absolute Gasteiger partial charge is 0.481 e. The summed E-state index contributed by atoms with van der Waals surface area (Å²) in [6.07, 6.45) is 4.02. The van der Waals surface area contributed by atoms with Gasteiger partial charge in [-0.15, -0.1) is 0 Å². The molecule has 0 radical (unpaired) electrons. The third-order valence-corrected chi connectivity index (χ3v) is 4.59. The molecule has 1 heterocycles. The Hall–Kier alpha value is -2.28. The zero-order valence-corrected chi connectivity index (χ0v) is 12.8. The van der Waals surface area contributed by atoms with E-state index in [-0.39, 0.29) is 12.3 Å². The first-order chi connectivity index (χ1) is 10.7. The van der Waals surface area contributed by atoms with Crippen LogP contribution in [0, 0.1) is 11.3 Å². The van der Waals surface area contributed by atoms with Crippen LogP contribution in [0.4, 0.5) is 0 Å². The molecular weight excluding hydrogens is 276 g/mol. The predicted octanol–water partition coefficient (Wildman–Crippen LogP) is 3.82.